The van der Waals surface area contributed by atoms with Crippen molar-refractivity contribution in [1.82, 2.24) is 10.2 Å². The molecule has 41 heavy (non-hydrogen) atoms. The van der Waals surface area contributed by atoms with Crippen molar-refractivity contribution in [3.63, 3.8) is 0 Å². The Bertz CT molecular complexity index is 1390. The molecule has 1 atom stereocenters. The van der Waals surface area contributed by atoms with E-state index in [0.717, 1.165) is 27.3 Å². The maximum Gasteiger partial charge on any atom is 0.244 e. The lowest BCUT2D eigenvalue weighted by Crippen LogP contribution is -2.53. The Balaban J connectivity index is 2.03. The van der Waals surface area contributed by atoms with Gasteiger partial charge in [0.15, 0.2) is 0 Å². The van der Waals surface area contributed by atoms with Gasteiger partial charge < -0.3 is 10.2 Å². The van der Waals surface area contributed by atoms with Crippen LogP contribution in [0.2, 0.25) is 5.02 Å². The highest BCUT2D eigenvalue weighted by atomic mass is 35.5. The zero-order valence-corrected chi connectivity index (χ0v) is 26.0. The molecule has 0 saturated heterocycles. The number of carbonyl (C=O) groups is 2. The first-order valence-corrected chi connectivity index (χ1v) is 16.0. The van der Waals surface area contributed by atoms with E-state index in [-0.39, 0.29) is 30.7 Å². The molecule has 9 heteroatoms. The van der Waals surface area contributed by atoms with Gasteiger partial charge in [-0.3, -0.25) is 13.9 Å². The minimum Gasteiger partial charge on any atom is -0.354 e. The summed E-state index contributed by atoms with van der Waals surface area (Å²) >= 11 is 6.10. The molecule has 0 heterocycles. The molecule has 0 aromatic heterocycles. The first kappa shape index (κ1) is 32.2. The molecule has 0 unspecified atom stereocenters. The van der Waals surface area contributed by atoms with E-state index in [4.69, 9.17) is 11.6 Å². The van der Waals surface area contributed by atoms with Crippen molar-refractivity contribution >= 4 is 39.1 Å². The van der Waals surface area contributed by atoms with E-state index in [9.17, 15) is 18.0 Å². The quantitative estimate of drug-likeness (QED) is 0.276. The maximum absolute atomic E-state index is 14.1. The second kappa shape index (κ2) is 14.5. The summed E-state index contributed by atoms with van der Waals surface area (Å²) in [7, 11) is -3.82. The Morgan fingerprint density at radius 2 is 1.46 bits per heavy atom. The van der Waals surface area contributed by atoms with E-state index in [1.54, 1.807) is 36.4 Å². The second-order valence-corrected chi connectivity index (χ2v) is 13.4. The molecule has 0 radical (unpaired) electrons. The average molecular weight is 598 g/mol. The number of carbonyl (C=O) groups excluding carboxylic acids is 2. The lowest BCUT2D eigenvalue weighted by molar-refractivity contribution is -0.140. The summed E-state index contributed by atoms with van der Waals surface area (Å²) < 4.78 is 27.0. The van der Waals surface area contributed by atoms with Gasteiger partial charge in [-0.1, -0.05) is 93.9 Å². The van der Waals surface area contributed by atoms with Gasteiger partial charge in [-0.25, -0.2) is 8.42 Å². The Kier molecular flexibility index (Phi) is 11.4. The van der Waals surface area contributed by atoms with Crippen molar-refractivity contribution in [3.8, 4) is 0 Å². The Labute approximate surface area is 249 Å². The highest BCUT2D eigenvalue weighted by Crippen LogP contribution is 2.23. The van der Waals surface area contributed by atoms with Gasteiger partial charge >= 0.3 is 0 Å². The summed E-state index contributed by atoms with van der Waals surface area (Å²) in [4.78, 5) is 29.2. The normalized spacial score (nSPS) is 12.3. The Morgan fingerprint density at radius 1 is 0.854 bits per heavy atom. The number of halogens is 1. The minimum atomic E-state index is -3.82. The van der Waals surface area contributed by atoms with E-state index in [1.165, 1.54) is 4.90 Å². The average Bonchev–Trinajstić information content (AvgIpc) is 2.93. The smallest absolute Gasteiger partial charge is 0.244 e. The number of nitrogens with one attached hydrogen (secondary N) is 1. The molecule has 0 aliphatic carbocycles. The van der Waals surface area contributed by atoms with Crippen molar-refractivity contribution in [1.29, 1.82) is 0 Å². The van der Waals surface area contributed by atoms with Crippen LogP contribution in [0.15, 0.2) is 78.9 Å². The monoisotopic (exact) mass is 597 g/mol. The summed E-state index contributed by atoms with van der Waals surface area (Å²) in [5, 5.41) is 3.53. The number of rotatable bonds is 13. The fourth-order valence-corrected chi connectivity index (χ4v) is 5.38. The molecule has 0 aliphatic rings. The number of benzene rings is 3. The second-order valence-electron chi connectivity index (χ2n) is 11.0. The third kappa shape index (κ3) is 9.61. The van der Waals surface area contributed by atoms with Crippen molar-refractivity contribution in [2.75, 3.05) is 23.7 Å². The van der Waals surface area contributed by atoms with Gasteiger partial charge in [-0.05, 0) is 52.8 Å². The Hall–Kier alpha value is -3.36. The fourth-order valence-electron chi connectivity index (χ4n) is 4.40. The topological polar surface area (TPSA) is 86.8 Å². The maximum atomic E-state index is 14.1. The van der Waals surface area contributed by atoms with Crippen LogP contribution in [0.3, 0.4) is 0 Å². The van der Waals surface area contributed by atoms with Crippen molar-refractivity contribution in [2.45, 2.75) is 52.6 Å². The molecule has 0 spiro atoms. The van der Waals surface area contributed by atoms with Crippen LogP contribution in [-0.4, -0.2) is 50.5 Å². The van der Waals surface area contributed by atoms with Crippen LogP contribution in [0.4, 0.5) is 5.69 Å². The third-order valence-corrected chi connectivity index (χ3v) is 8.14. The van der Waals surface area contributed by atoms with Crippen molar-refractivity contribution in [2.24, 2.45) is 5.92 Å². The number of anilines is 1. The van der Waals surface area contributed by atoms with Crippen LogP contribution in [0.25, 0.3) is 0 Å². The van der Waals surface area contributed by atoms with Gasteiger partial charge in [0.25, 0.3) is 0 Å². The lowest BCUT2D eigenvalue weighted by atomic mass is 10.0. The first-order valence-electron chi connectivity index (χ1n) is 13.8. The fraction of sp³-hybridized carbons (Fsp3) is 0.375. The molecule has 2 amide bonds. The molecule has 1 N–H and O–H groups in total. The summed E-state index contributed by atoms with van der Waals surface area (Å²) in [5.74, 6) is -0.294. The predicted octanol–water partition coefficient (Wildman–Crippen LogP) is 5.64. The van der Waals surface area contributed by atoms with Crippen LogP contribution in [0.1, 0.15) is 50.3 Å². The van der Waals surface area contributed by atoms with Gasteiger partial charge in [0.1, 0.15) is 12.6 Å². The largest absolute Gasteiger partial charge is 0.354 e. The number of amides is 2. The molecule has 3 aromatic carbocycles. The summed E-state index contributed by atoms with van der Waals surface area (Å²) in [6.07, 6.45) is 1.35. The predicted molar refractivity (Wildman–Crippen MR) is 167 cm³/mol. The van der Waals surface area contributed by atoms with Crippen molar-refractivity contribution in [3.05, 3.63) is 101 Å². The van der Waals surface area contributed by atoms with Gasteiger partial charge in [0.05, 0.1) is 11.9 Å². The zero-order chi connectivity index (χ0) is 30.2. The van der Waals surface area contributed by atoms with Gasteiger partial charge in [0.2, 0.25) is 21.8 Å². The van der Waals surface area contributed by atoms with E-state index in [1.807, 2.05) is 56.3 Å². The number of sulfonamides is 1. The summed E-state index contributed by atoms with van der Waals surface area (Å²) in [6.45, 7) is 8.21. The van der Waals surface area contributed by atoms with Crippen LogP contribution >= 0.6 is 11.6 Å². The van der Waals surface area contributed by atoms with E-state index in [2.05, 4.69) is 19.2 Å². The van der Waals surface area contributed by atoms with Crippen LogP contribution < -0.4 is 9.62 Å². The highest BCUT2D eigenvalue weighted by Gasteiger charge is 2.33. The molecule has 0 bridgehead atoms. The highest BCUT2D eigenvalue weighted by molar-refractivity contribution is 7.92. The van der Waals surface area contributed by atoms with E-state index < -0.39 is 28.5 Å². The molecular weight excluding hydrogens is 558 g/mol. The van der Waals surface area contributed by atoms with Gasteiger partial charge in [-0.15, -0.1) is 0 Å². The molecule has 0 aliphatic heterocycles. The molecule has 220 valence electrons. The van der Waals surface area contributed by atoms with Gasteiger partial charge in [-0.2, -0.15) is 0 Å². The summed E-state index contributed by atoms with van der Waals surface area (Å²) in [5.41, 5.74) is 3.10. The zero-order valence-electron chi connectivity index (χ0n) is 24.4. The first-order chi connectivity index (χ1) is 19.3. The van der Waals surface area contributed by atoms with Crippen molar-refractivity contribution < 1.29 is 18.0 Å². The SMILES string of the molecule is CC(C)CNC(=O)[C@@H](Cc1ccccc1)N(Cc1ccc(Cl)cc1)C(=O)CN(c1ccc(C(C)C)cc1)S(C)(=O)=O. The summed E-state index contributed by atoms with van der Waals surface area (Å²) in [6, 6.07) is 22.8. The van der Waals surface area contributed by atoms with Crippen LogP contribution in [-0.2, 0) is 32.6 Å². The molecule has 7 nitrogen and oxygen atoms in total. The molecular formula is C32H40ClN3O4S. The van der Waals surface area contributed by atoms with Crippen LogP contribution in [0, 0.1) is 5.92 Å². The van der Waals surface area contributed by atoms with E-state index >= 15 is 0 Å². The molecule has 3 rings (SSSR count). The molecule has 3 aromatic rings. The number of hydrogen-bond acceptors (Lipinski definition) is 4. The Morgan fingerprint density at radius 3 is 2.00 bits per heavy atom. The molecule has 0 saturated carbocycles. The minimum absolute atomic E-state index is 0.104. The van der Waals surface area contributed by atoms with Crippen LogP contribution in [0.5, 0.6) is 0 Å². The number of hydrogen-bond donors (Lipinski definition) is 1. The van der Waals surface area contributed by atoms with Gasteiger partial charge in [0, 0.05) is 24.5 Å². The molecule has 0 fully saturated rings. The van der Waals surface area contributed by atoms with E-state index in [0.29, 0.717) is 17.3 Å². The third-order valence-electron chi connectivity index (χ3n) is 6.75. The number of nitrogens with zero attached hydrogens (tertiary/aromatic N) is 2. The lowest BCUT2D eigenvalue weighted by Gasteiger charge is -2.33. The standard InChI is InChI=1S/C32H40ClN3O4S/c1-23(2)20-34-32(38)30(19-25-9-7-6-8-10-25)35(21-26-11-15-28(33)16-12-26)31(37)22-36(41(5,39)40)29-17-13-27(14-18-29)24(3)4/h6-18,23-24,30H,19-22H2,1-5H3,(H,34,38)/t30-/m1/s1.